The Bertz CT molecular complexity index is 379. The van der Waals surface area contributed by atoms with Crippen molar-refractivity contribution in [1.82, 2.24) is 5.32 Å². The van der Waals surface area contributed by atoms with Crippen LogP contribution in [0.3, 0.4) is 0 Å². The second kappa shape index (κ2) is 5.36. The van der Waals surface area contributed by atoms with Crippen LogP contribution in [-0.2, 0) is 4.79 Å². The molecule has 80 valence electrons. The lowest BCUT2D eigenvalue weighted by Gasteiger charge is -2.04. The third kappa shape index (κ3) is 3.59. The molecule has 0 aliphatic carbocycles. The fourth-order valence-electron chi connectivity index (χ4n) is 1.02. The summed E-state index contributed by atoms with van der Waals surface area (Å²) in [6.45, 7) is 0.0966. The molecule has 1 aromatic carbocycles. The van der Waals surface area contributed by atoms with Crippen LogP contribution in [0.4, 0.5) is 0 Å². The molecule has 1 aromatic rings. The Morgan fingerprint density at radius 3 is 2.60 bits per heavy atom. The van der Waals surface area contributed by atoms with Crippen LogP contribution in [0, 0.1) is 0 Å². The number of hydrogen-bond acceptors (Lipinski definition) is 2. The van der Waals surface area contributed by atoms with Crippen LogP contribution in [0.25, 0.3) is 0 Å². The van der Waals surface area contributed by atoms with E-state index in [0.717, 1.165) is 0 Å². The summed E-state index contributed by atoms with van der Waals surface area (Å²) in [7, 11) is 0. The Balaban J connectivity index is 2.54. The number of nitrogens with one attached hydrogen (secondary N) is 1. The maximum Gasteiger partial charge on any atom is 0.305 e. The summed E-state index contributed by atoms with van der Waals surface area (Å²) in [5.74, 6) is -1.31. The number of aliphatic carboxylic acids is 1. The van der Waals surface area contributed by atoms with Crippen LogP contribution in [0.1, 0.15) is 16.8 Å². The Hall–Kier alpha value is -1.55. The Labute approximate surface area is 91.9 Å². The van der Waals surface area contributed by atoms with Gasteiger partial charge in [0, 0.05) is 6.54 Å². The van der Waals surface area contributed by atoms with Crippen molar-refractivity contribution < 1.29 is 14.7 Å². The van der Waals surface area contributed by atoms with E-state index in [-0.39, 0.29) is 18.9 Å². The highest BCUT2D eigenvalue weighted by atomic mass is 35.5. The van der Waals surface area contributed by atoms with E-state index in [1.807, 2.05) is 0 Å². The minimum Gasteiger partial charge on any atom is -0.481 e. The first-order valence-corrected chi connectivity index (χ1v) is 4.73. The zero-order chi connectivity index (χ0) is 11.3. The molecule has 0 aliphatic rings. The van der Waals surface area contributed by atoms with E-state index in [0.29, 0.717) is 10.6 Å². The molecule has 0 fully saturated rings. The van der Waals surface area contributed by atoms with E-state index in [9.17, 15) is 9.59 Å². The average Bonchev–Trinajstić information content (AvgIpc) is 2.17. The fraction of sp³-hybridized carbons (Fsp3) is 0.200. The number of hydrogen-bond donors (Lipinski definition) is 2. The van der Waals surface area contributed by atoms with Gasteiger partial charge in [0.1, 0.15) is 0 Å². The van der Waals surface area contributed by atoms with Gasteiger partial charge >= 0.3 is 5.97 Å². The van der Waals surface area contributed by atoms with Crippen LogP contribution in [-0.4, -0.2) is 23.5 Å². The highest BCUT2D eigenvalue weighted by Gasteiger charge is 2.08. The monoisotopic (exact) mass is 227 g/mol. The lowest BCUT2D eigenvalue weighted by atomic mass is 10.2. The predicted octanol–water partition coefficient (Wildman–Crippen LogP) is 1.54. The minimum atomic E-state index is -0.950. The van der Waals surface area contributed by atoms with E-state index < -0.39 is 5.97 Å². The normalized spacial score (nSPS) is 9.67. The molecule has 0 aliphatic heterocycles. The number of amides is 1. The highest BCUT2D eigenvalue weighted by molar-refractivity contribution is 6.33. The van der Waals surface area contributed by atoms with Crippen molar-refractivity contribution >= 4 is 23.5 Å². The number of carbonyl (C=O) groups excluding carboxylic acids is 1. The standard InChI is InChI=1S/C10H10ClNO3/c11-8-4-2-1-3-7(8)10(15)12-6-5-9(13)14/h1-4H,5-6H2,(H,12,15)(H,13,14). The third-order valence-corrected chi connectivity index (χ3v) is 2.07. The van der Waals surface area contributed by atoms with Crippen molar-refractivity contribution in [3.8, 4) is 0 Å². The SMILES string of the molecule is O=C(O)CCNC(=O)c1ccccc1Cl. The van der Waals surface area contributed by atoms with Crippen molar-refractivity contribution in [2.24, 2.45) is 0 Å². The van der Waals surface area contributed by atoms with Gasteiger partial charge in [-0.25, -0.2) is 0 Å². The van der Waals surface area contributed by atoms with Crippen molar-refractivity contribution in [3.63, 3.8) is 0 Å². The molecule has 0 spiro atoms. The fourth-order valence-corrected chi connectivity index (χ4v) is 1.25. The van der Waals surface area contributed by atoms with E-state index in [4.69, 9.17) is 16.7 Å². The predicted molar refractivity (Wildman–Crippen MR) is 56.0 cm³/mol. The summed E-state index contributed by atoms with van der Waals surface area (Å²) in [5, 5.41) is 11.2. The number of carboxylic acids is 1. The summed E-state index contributed by atoms with van der Waals surface area (Å²) < 4.78 is 0. The van der Waals surface area contributed by atoms with Gasteiger partial charge in [0.05, 0.1) is 17.0 Å². The van der Waals surface area contributed by atoms with Crippen molar-refractivity contribution in [2.45, 2.75) is 6.42 Å². The van der Waals surface area contributed by atoms with Crippen LogP contribution in [0.5, 0.6) is 0 Å². The first-order valence-electron chi connectivity index (χ1n) is 4.36. The van der Waals surface area contributed by atoms with Crippen molar-refractivity contribution in [1.29, 1.82) is 0 Å². The maximum atomic E-state index is 11.5. The summed E-state index contributed by atoms with van der Waals surface area (Å²) in [6.07, 6.45) is -0.101. The summed E-state index contributed by atoms with van der Waals surface area (Å²) in [6, 6.07) is 6.60. The van der Waals surface area contributed by atoms with E-state index in [2.05, 4.69) is 5.32 Å². The zero-order valence-corrected chi connectivity index (χ0v) is 8.62. The third-order valence-electron chi connectivity index (χ3n) is 1.74. The van der Waals surface area contributed by atoms with Gasteiger partial charge in [0.2, 0.25) is 0 Å². The van der Waals surface area contributed by atoms with Gasteiger partial charge in [-0.2, -0.15) is 0 Å². The second-order valence-electron chi connectivity index (χ2n) is 2.88. The molecule has 0 saturated carbocycles. The molecule has 1 rings (SSSR count). The summed E-state index contributed by atoms with van der Waals surface area (Å²) >= 11 is 5.78. The number of halogens is 1. The van der Waals surface area contributed by atoms with Crippen LogP contribution < -0.4 is 5.32 Å². The Morgan fingerprint density at radius 2 is 2.00 bits per heavy atom. The van der Waals surface area contributed by atoms with Crippen LogP contribution >= 0.6 is 11.6 Å². The maximum absolute atomic E-state index is 11.5. The second-order valence-corrected chi connectivity index (χ2v) is 3.29. The lowest BCUT2D eigenvalue weighted by Crippen LogP contribution is -2.26. The van der Waals surface area contributed by atoms with E-state index in [1.54, 1.807) is 24.3 Å². The van der Waals surface area contributed by atoms with Crippen molar-refractivity contribution in [3.05, 3.63) is 34.9 Å². The molecule has 1 amide bonds. The molecular formula is C10H10ClNO3. The first-order chi connectivity index (χ1) is 7.11. The molecule has 5 heteroatoms. The Morgan fingerprint density at radius 1 is 1.33 bits per heavy atom. The van der Waals surface area contributed by atoms with Gasteiger partial charge in [0.25, 0.3) is 5.91 Å². The molecule has 0 unspecified atom stereocenters. The lowest BCUT2D eigenvalue weighted by molar-refractivity contribution is -0.136. The number of carboxylic acid groups (broad SMARTS) is 1. The van der Waals surface area contributed by atoms with Gasteiger partial charge in [-0.15, -0.1) is 0 Å². The largest absolute Gasteiger partial charge is 0.481 e. The van der Waals surface area contributed by atoms with Gasteiger partial charge in [-0.3, -0.25) is 9.59 Å². The topological polar surface area (TPSA) is 66.4 Å². The number of carbonyl (C=O) groups is 2. The molecule has 0 aromatic heterocycles. The number of rotatable bonds is 4. The molecular weight excluding hydrogens is 218 g/mol. The summed E-state index contributed by atoms with van der Waals surface area (Å²) in [4.78, 5) is 21.7. The van der Waals surface area contributed by atoms with Gasteiger partial charge in [-0.05, 0) is 12.1 Å². The molecule has 15 heavy (non-hydrogen) atoms. The molecule has 0 radical (unpaired) electrons. The van der Waals surface area contributed by atoms with Crippen LogP contribution in [0.15, 0.2) is 24.3 Å². The molecule has 0 atom stereocenters. The molecule has 4 nitrogen and oxygen atoms in total. The van der Waals surface area contributed by atoms with Crippen molar-refractivity contribution in [2.75, 3.05) is 6.54 Å². The zero-order valence-electron chi connectivity index (χ0n) is 7.87. The van der Waals surface area contributed by atoms with Gasteiger partial charge in [0.15, 0.2) is 0 Å². The van der Waals surface area contributed by atoms with E-state index >= 15 is 0 Å². The Kier molecular flexibility index (Phi) is 4.12. The van der Waals surface area contributed by atoms with Crippen LogP contribution in [0.2, 0.25) is 5.02 Å². The first kappa shape index (κ1) is 11.5. The summed E-state index contributed by atoms with van der Waals surface area (Å²) in [5.41, 5.74) is 0.351. The quantitative estimate of drug-likeness (QED) is 0.820. The highest BCUT2D eigenvalue weighted by Crippen LogP contribution is 2.14. The average molecular weight is 228 g/mol. The number of benzene rings is 1. The van der Waals surface area contributed by atoms with E-state index in [1.165, 1.54) is 0 Å². The molecule has 0 heterocycles. The van der Waals surface area contributed by atoms with Gasteiger partial charge in [-0.1, -0.05) is 23.7 Å². The molecule has 0 bridgehead atoms. The smallest absolute Gasteiger partial charge is 0.305 e. The van der Waals surface area contributed by atoms with Gasteiger partial charge < -0.3 is 10.4 Å². The minimum absolute atomic E-state index is 0.0966. The molecule has 0 saturated heterocycles. The molecule has 2 N–H and O–H groups in total.